The van der Waals surface area contributed by atoms with Gasteiger partial charge >= 0.3 is 6.36 Å². The Labute approximate surface area is 124 Å². The Morgan fingerprint density at radius 1 is 1.10 bits per heavy atom. The second-order valence-corrected chi connectivity index (χ2v) is 5.39. The molecule has 2 rings (SSSR count). The van der Waals surface area contributed by atoms with Crippen molar-refractivity contribution in [3.05, 3.63) is 46.7 Å². The standard InChI is InChI=1S/C14H14F3NO2S/c1-9(18)13(12-7-4-8-21-12)19-10-5-2-3-6-11(10)20-14(15,16)17/h2-9,13H,18H2,1H3. The van der Waals surface area contributed by atoms with Crippen LogP contribution in [0, 0.1) is 0 Å². The number of hydrogen-bond acceptors (Lipinski definition) is 4. The van der Waals surface area contributed by atoms with E-state index in [4.69, 9.17) is 10.5 Å². The summed E-state index contributed by atoms with van der Waals surface area (Å²) in [6, 6.07) is 8.91. The number of halogens is 3. The van der Waals surface area contributed by atoms with E-state index < -0.39 is 12.5 Å². The van der Waals surface area contributed by atoms with Crippen molar-refractivity contribution in [2.45, 2.75) is 25.4 Å². The molecule has 0 bridgehead atoms. The summed E-state index contributed by atoms with van der Waals surface area (Å²) in [5, 5.41) is 1.85. The maximum absolute atomic E-state index is 12.4. The highest BCUT2D eigenvalue weighted by Gasteiger charge is 2.33. The van der Waals surface area contributed by atoms with E-state index in [2.05, 4.69) is 4.74 Å². The van der Waals surface area contributed by atoms with E-state index in [9.17, 15) is 13.2 Å². The molecule has 0 radical (unpaired) electrons. The number of ether oxygens (including phenoxy) is 2. The van der Waals surface area contributed by atoms with Crippen molar-refractivity contribution in [1.29, 1.82) is 0 Å². The molecule has 0 spiro atoms. The lowest BCUT2D eigenvalue weighted by atomic mass is 10.1. The Morgan fingerprint density at radius 2 is 1.76 bits per heavy atom. The number of alkyl halides is 3. The molecular weight excluding hydrogens is 303 g/mol. The fraction of sp³-hybridized carbons (Fsp3) is 0.286. The van der Waals surface area contributed by atoms with Crippen molar-refractivity contribution >= 4 is 11.3 Å². The minimum atomic E-state index is -4.77. The molecule has 0 amide bonds. The second kappa shape index (κ2) is 6.36. The topological polar surface area (TPSA) is 44.5 Å². The number of thiophene rings is 1. The Bertz CT molecular complexity index is 570. The van der Waals surface area contributed by atoms with E-state index in [-0.39, 0.29) is 17.5 Å². The molecule has 1 heterocycles. The maximum atomic E-state index is 12.4. The van der Waals surface area contributed by atoms with Crippen LogP contribution in [0.2, 0.25) is 0 Å². The first-order valence-corrected chi connectivity index (χ1v) is 7.05. The largest absolute Gasteiger partial charge is 0.573 e. The van der Waals surface area contributed by atoms with Crippen molar-refractivity contribution in [3.63, 3.8) is 0 Å². The van der Waals surface area contributed by atoms with Crippen molar-refractivity contribution in [2.75, 3.05) is 0 Å². The number of hydrogen-bond donors (Lipinski definition) is 1. The van der Waals surface area contributed by atoms with Gasteiger partial charge in [-0.15, -0.1) is 24.5 Å². The molecule has 114 valence electrons. The molecule has 0 aliphatic rings. The van der Waals surface area contributed by atoms with Crippen LogP contribution in [0.25, 0.3) is 0 Å². The highest BCUT2D eigenvalue weighted by molar-refractivity contribution is 7.10. The fourth-order valence-electron chi connectivity index (χ4n) is 1.77. The molecule has 0 fully saturated rings. The number of nitrogens with two attached hydrogens (primary N) is 1. The molecule has 2 N–H and O–H groups in total. The molecule has 1 aromatic heterocycles. The van der Waals surface area contributed by atoms with Gasteiger partial charge in [0.2, 0.25) is 0 Å². The van der Waals surface area contributed by atoms with Gasteiger partial charge in [-0.05, 0) is 30.5 Å². The molecule has 2 atom stereocenters. The first kappa shape index (κ1) is 15.7. The smallest absolute Gasteiger partial charge is 0.479 e. The van der Waals surface area contributed by atoms with Gasteiger partial charge in [-0.2, -0.15) is 0 Å². The summed E-state index contributed by atoms with van der Waals surface area (Å²) < 4.78 is 46.8. The van der Waals surface area contributed by atoms with Crippen molar-refractivity contribution in [2.24, 2.45) is 5.73 Å². The molecule has 0 aliphatic carbocycles. The van der Waals surface area contributed by atoms with Crippen LogP contribution in [0.5, 0.6) is 11.5 Å². The van der Waals surface area contributed by atoms with Crippen LogP contribution in [-0.4, -0.2) is 12.4 Å². The van der Waals surface area contributed by atoms with Gasteiger partial charge in [0.15, 0.2) is 11.5 Å². The molecule has 1 aromatic carbocycles. The predicted octanol–water partition coefficient (Wildman–Crippen LogP) is 4.11. The lowest BCUT2D eigenvalue weighted by molar-refractivity contribution is -0.275. The molecule has 3 nitrogen and oxygen atoms in total. The summed E-state index contributed by atoms with van der Waals surface area (Å²) in [5.74, 6) is -0.377. The number of benzene rings is 1. The van der Waals surface area contributed by atoms with E-state index in [1.54, 1.807) is 13.0 Å². The van der Waals surface area contributed by atoms with Crippen LogP contribution in [0.1, 0.15) is 17.9 Å². The number of para-hydroxylation sites is 2. The molecule has 2 unspecified atom stereocenters. The molecule has 0 aliphatic heterocycles. The van der Waals surface area contributed by atoms with E-state index in [0.717, 1.165) is 4.88 Å². The molecular formula is C14H14F3NO2S. The van der Waals surface area contributed by atoms with Gasteiger partial charge in [0, 0.05) is 10.9 Å². The third-order valence-corrected chi connectivity index (χ3v) is 3.56. The lowest BCUT2D eigenvalue weighted by Crippen LogP contribution is -2.28. The SMILES string of the molecule is CC(N)C(Oc1ccccc1OC(F)(F)F)c1cccs1. The van der Waals surface area contributed by atoms with E-state index in [1.807, 2.05) is 17.5 Å². The average molecular weight is 317 g/mol. The van der Waals surface area contributed by atoms with Crippen molar-refractivity contribution in [3.8, 4) is 11.5 Å². The Morgan fingerprint density at radius 3 is 2.29 bits per heavy atom. The average Bonchev–Trinajstić information content (AvgIpc) is 2.89. The van der Waals surface area contributed by atoms with Gasteiger partial charge in [0.1, 0.15) is 6.10 Å². The highest BCUT2D eigenvalue weighted by Crippen LogP contribution is 2.36. The van der Waals surface area contributed by atoms with Gasteiger partial charge in [0.05, 0.1) is 0 Å². The molecule has 21 heavy (non-hydrogen) atoms. The van der Waals surface area contributed by atoms with Crippen LogP contribution in [0.3, 0.4) is 0 Å². The zero-order valence-electron chi connectivity index (χ0n) is 11.1. The zero-order chi connectivity index (χ0) is 15.5. The van der Waals surface area contributed by atoms with Crippen LogP contribution in [0.4, 0.5) is 13.2 Å². The highest BCUT2D eigenvalue weighted by atomic mass is 32.1. The summed E-state index contributed by atoms with van der Waals surface area (Å²) in [6.07, 6.45) is -5.31. The Kier molecular flexibility index (Phi) is 4.74. The normalized spacial score (nSPS) is 14.5. The maximum Gasteiger partial charge on any atom is 0.573 e. The zero-order valence-corrected chi connectivity index (χ0v) is 11.9. The van der Waals surface area contributed by atoms with Crippen LogP contribution < -0.4 is 15.2 Å². The minimum Gasteiger partial charge on any atom is -0.479 e. The summed E-state index contributed by atoms with van der Waals surface area (Å²) in [6.45, 7) is 1.73. The van der Waals surface area contributed by atoms with Crippen LogP contribution >= 0.6 is 11.3 Å². The summed E-state index contributed by atoms with van der Waals surface area (Å²) in [5.41, 5.74) is 5.87. The van der Waals surface area contributed by atoms with Crippen molar-refractivity contribution in [1.82, 2.24) is 0 Å². The summed E-state index contributed by atoms with van der Waals surface area (Å²) in [7, 11) is 0. The molecule has 0 saturated heterocycles. The third-order valence-electron chi connectivity index (χ3n) is 2.63. The third kappa shape index (κ3) is 4.37. The first-order chi connectivity index (χ1) is 9.87. The van der Waals surface area contributed by atoms with Crippen LogP contribution in [0.15, 0.2) is 41.8 Å². The van der Waals surface area contributed by atoms with E-state index in [1.165, 1.54) is 29.5 Å². The Balaban J connectivity index is 2.25. The quantitative estimate of drug-likeness (QED) is 0.902. The van der Waals surface area contributed by atoms with E-state index in [0.29, 0.717) is 0 Å². The lowest BCUT2D eigenvalue weighted by Gasteiger charge is -2.23. The number of rotatable bonds is 5. The van der Waals surface area contributed by atoms with Gasteiger partial charge in [-0.1, -0.05) is 18.2 Å². The van der Waals surface area contributed by atoms with Crippen LogP contribution in [-0.2, 0) is 0 Å². The summed E-state index contributed by atoms with van der Waals surface area (Å²) in [4.78, 5) is 0.840. The van der Waals surface area contributed by atoms with Gasteiger partial charge in [0.25, 0.3) is 0 Å². The van der Waals surface area contributed by atoms with E-state index >= 15 is 0 Å². The molecule has 2 aromatic rings. The monoisotopic (exact) mass is 317 g/mol. The minimum absolute atomic E-state index is 0.00512. The predicted molar refractivity (Wildman–Crippen MR) is 74.5 cm³/mol. The van der Waals surface area contributed by atoms with Crippen molar-refractivity contribution < 1.29 is 22.6 Å². The van der Waals surface area contributed by atoms with Gasteiger partial charge in [-0.3, -0.25) is 0 Å². The fourth-order valence-corrected chi connectivity index (χ4v) is 2.64. The summed E-state index contributed by atoms with van der Waals surface area (Å²) >= 11 is 1.43. The van der Waals surface area contributed by atoms with Gasteiger partial charge in [-0.25, -0.2) is 0 Å². The van der Waals surface area contributed by atoms with Gasteiger partial charge < -0.3 is 15.2 Å². The Hall–Kier alpha value is -1.73. The first-order valence-electron chi connectivity index (χ1n) is 6.17. The second-order valence-electron chi connectivity index (χ2n) is 4.41. The molecule has 7 heteroatoms. The molecule has 0 saturated carbocycles.